The average Bonchev–Trinajstić information content (AvgIpc) is 3.26. The molecule has 0 N–H and O–H groups in total. The maximum absolute atomic E-state index is 12.7. The molecule has 126 valence electrons. The van der Waals surface area contributed by atoms with Crippen LogP contribution in [0.25, 0.3) is 0 Å². The molecule has 6 heteroatoms. The zero-order chi connectivity index (χ0) is 16.8. The number of piperazine rings is 1. The van der Waals surface area contributed by atoms with Gasteiger partial charge in [0, 0.05) is 32.1 Å². The molecule has 1 heterocycles. The van der Waals surface area contributed by atoms with E-state index in [0.29, 0.717) is 37.0 Å². The minimum atomic E-state index is -3.47. The highest BCUT2D eigenvalue weighted by molar-refractivity contribution is 7.89. The van der Waals surface area contributed by atoms with Crippen molar-refractivity contribution in [2.24, 2.45) is 11.8 Å². The molecule has 23 heavy (non-hydrogen) atoms. The predicted octanol–water partition coefficient (Wildman–Crippen LogP) is 1.79. The lowest BCUT2D eigenvalue weighted by Crippen LogP contribution is -2.51. The van der Waals surface area contributed by atoms with Crippen molar-refractivity contribution in [2.45, 2.75) is 32.1 Å². The molecule has 0 aromatic heterocycles. The number of amides is 1. The summed E-state index contributed by atoms with van der Waals surface area (Å²) >= 11 is 0. The van der Waals surface area contributed by atoms with Gasteiger partial charge in [-0.15, -0.1) is 0 Å². The Morgan fingerprint density at radius 2 is 1.70 bits per heavy atom. The summed E-state index contributed by atoms with van der Waals surface area (Å²) in [6, 6.07) is 5.24. The Hall–Kier alpha value is -1.40. The maximum atomic E-state index is 12.7. The van der Waals surface area contributed by atoms with Crippen LogP contribution in [0.5, 0.6) is 0 Å². The molecule has 1 aromatic rings. The molecule has 1 aliphatic carbocycles. The molecule has 1 aliphatic heterocycles. The largest absolute Gasteiger partial charge is 0.340 e. The van der Waals surface area contributed by atoms with E-state index in [1.807, 2.05) is 24.8 Å². The Morgan fingerprint density at radius 1 is 1.09 bits per heavy atom. The topological polar surface area (TPSA) is 57.7 Å². The fourth-order valence-electron chi connectivity index (χ4n) is 3.07. The van der Waals surface area contributed by atoms with Gasteiger partial charge >= 0.3 is 0 Å². The van der Waals surface area contributed by atoms with Gasteiger partial charge in [-0.1, -0.05) is 13.0 Å². The summed E-state index contributed by atoms with van der Waals surface area (Å²) in [4.78, 5) is 14.4. The second-order valence-electron chi connectivity index (χ2n) is 6.79. The van der Waals surface area contributed by atoms with E-state index in [2.05, 4.69) is 6.92 Å². The number of benzene rings is 1. The fourth-order valence-corrected chi connectivity index (χ4v) is 4.58. The van der Waals surface area contributed by atoms with Crippen LogP contribution in [-0.2, 0) is 14.8 Å². The Balaban J connectivity index is 1.68. The molecule has 2 aliphatic rings. The molecule has 3 rings (SSSR count). The molecule has 0 radical (unpaired) electrons. The first-order valence-electron chi connectivity index (χ1n) is 8.17. The van der Waals surface area contributed by atoms with Gasteiger partial charge in [-0.2, -0.15) is 4.31 Å². The summed E-state index contributed by atoms with van der Waals surface area (Å²) < 4.78 is 27.0. The van der Waals surface area contributed by atoms with Crippen LogP contribution in [0.2, 0.25) is 0 Å². The van der Waals surface area contributed by atoms with Crippen LogP contribution in [0.1, 0.15) is 24.5 Å². The summed E-state index contributed by atoms with van der Waals surface area (Å²) in [5, 5.41) is 0. The zero-order valence-corrected chi connectivity index (χ0v) is 14.8. The van der Waals surface area contributed by atoms with Gasteiger partial charge in [0.25, 0.3) is 0 Å². The molecule has 1 saturated heterocycles. The second kappa shape index (κ2) is 5.91. The maximum Gasteiger partial charge on any atom is 0.243 e. The number of aryl methyl sites for hydroxylation is 2. The standard InChI is InChI=1S/C17H24N2O3S/c1-12-4-5-15(10-13(12)2)23(21,22)19-8-6-18(7-9-19)17(20)16-11-14(16)3/h4-5,10,14,16H,6-9,11H2,1-3H3/t14-,16-/m0/s1. The van der Waals surface area contributed by atoms with Crippen molar-refractivity contribution in [3.8, 4) is 0 Å². The fraction of sp³-hybridized carbons (Fsp3) is 0.588. The lowest BCUT2D eigenvalue weighted by molar-refractivity contribution is -0.134. The highest BCUT2D eigenvalue weighted by Gasteiger charge is 2.42. The van der Waals surface area contributed by atoms with E-state index in [4.69, 9.17) is 0 Å². The molecule has 2 atom stereocenters. The van der Waals surface area contributed by atoms with Gasteiger partial charge < -0.3 is 4.90 Å². The van der Waals surface area contributed by atoms with Gasteiger partial charge in [0.1, 0.15) is 0 Å². The Morgan fingerprint density at radius 3 is 2.22 bits per heavy atom. The summed E-state index contributed by atoms with van der Waals surface area (Å²) in [5.41, 5.74) is 2.06. The lowest BCUT2D eigenvalue weighted by Gasteiger charge is -2.34. The van der Waals surface area contributed by atoms with Crippen LogP contribution < -0.4 is 0 Å². The smallest absolute Gasteiger partial charge is 0.243 e. The Kier molecular flexibility index (Phi) is 4.23. The SMILES string of the molecule is Cc1ccc(S(=O)(=O)N2CCN(C(=O)[C@H]3C[C@@H]3C)CC2)cc1C. The Bertz CT molecular complexity index is 721. The van der Waals surface area contributed by atoms with Gasteiger partial charge in [0.2, 0.25) is 15.9 Å². The van der Waals surface area contributed by atoms with Crippen molar-refractivity contribution >= 4 is 15.9 Å². The van der Waals surface area contributed by atoms with E-state index >= 15 is 0 Å². The average molecular weight is 336 g/mol. The first kappa shape index (κ1) is 16.5. The monoisotopic (exact) mass is 336 g/mol. The summed E-state index contributed by atoms with van der Waals surface area (Å²) in [6.07, 6.45) is 0.972. The third-order valence-electron chi connectivity index (χ3n) is 5.09. The molecule has 2 fully saturated rings. The predicted molar refractivity (Wildman–Crippen MR) is 88.5 cm³/mol. The van der Waals surface area contributed by atoms with E-state index in [9.17, 15) is 13.2 Å². The third kappa shape index (κ3) is 3.15. The lowest BCUT2D eigenvalue weighted by atomic mass is 10.1. The van der Waals surface area contributed by atoms with Gasteiger partial charge in [-0.05, 0) is 49.4 Å². The number of rotatable bonds is 3. The molecule has 0 bridgehead atoms. The number of nitrogens with zero attached hydrogens (tertiary/aromatic N) is 2. The van der Waals surface area contributed by atoms with Crippen molar-refractivity contribution in [2.75, 3.05) is 26.2 Å². The first-order valence-corrected chi connectivity index (χ1v) is 9.61. The number of carbonyl (C=O) groups excluding carboxylic acids is 1. The first-order chi connectivity index (χ1) is 10.8. The highest BCUT2D eigenvalue weighted by Crippen LogP contribution is 2.39. The van der Waals surface area contributed by atoms with E-state index < -0.39 is 10.0 Å². The van der Waals surface area contributed by atoms with E-state index in [1.165, 1.54) is 4.31 Å². The van der Waals surface area contributed by atoms with Crippen LogP contribution in [0.3, 0.4) is 0 Å². The Labute approximate surface area is 138 Å². The molecule has 1 saturated carbocycles. The molecular weight excluding hydrogens is 312 g/mol. The molecular formula is C17H24N2O3S. The van der Waals surface area contributed by atoms with Crippen LogP contribution in [0.15, 0.2) is 23.1 Å². The highest BCUT2D eigenvalue weighted by atomic mass is 32.2. The van der Waals surface area contributed by atoms with Crippen LogP contribution in [-0.4, -0.2) is 49.7 Å². The second-order valence-corrected chi connectivity index (χ2v) is 8.73. The molecule has 0 unspecified atom stereocenters. The van der Waals surface area contributed by atoms with Crippen molar-refractivity contribution in [3.63, 3.8) is 0 Å². The van der Waals surface area contributed by atoms with Crippen molar-refractivity contribution in [1.82, 2.24) is 9.21 Å². The van der Waals surface area contributed by atoms with E-state index in [-0.39, 0.29) is 11.8 Å². The number of hydrogen-bond acceptors (Lipinski definition) is 3. The van der Waals surface area contributed by atoms with Crippen LogP contribution in [0, 0.1) is 25.7 Å². The third-order valence-corrected chi connectivity index (χ3v) is 6.99. The van der Waals surface area contributed by atoms with E-state index in [1.54, 1.807) is 12.1 Å². The van der Waals surface area contributed by atoms with Gasteiger partial charge in [-0.25, -0.2) is 8.42 Å². The zero-order valence-electron chi connectivity index (χ0n) is 13.9. The quantitative estimate of drug-likeness (QED) is 0.846. The van der Waals surface area contributed by atoms with Crippen LogP contribution >= 0.6 is 0 Å². The summed E-state index contributed by atoms with van der Waals surface area (Å²) in [7, 11) is -3.47. The van der Waals surface area contributed by atoms with Crippen molar-refractivity contribution in [1.29, 1.82) is 0 Å². The van der Waals surface area contributed by atoms with Crippen molar-refractivity contribution < 1.29 is 13.2 Å². The van der Waals surface area contributed by atoms with Gasteiger partial charge in [0.15, 0.2) is 0 Å². The van der Waals surface area contributed by atoms with E-state index in [0.717, 1.165) is 17.5 Å². The molecule has 0 spiro atoms. The van der Waals surface area contributed by atoms with Gasteiger partial charge in [-0.3, -0.25) is 4.79 Å². The van der Waals surface area contributed by atoms with Gasteiger partial charge in [0.05, 0.1) is 4.90 Å². The summed E-state index contributed by atoms with van der Waals surface area (Å²) in [5.74, 6) is 0.846. The van der Waals surface area contributed by atoms with Crippen molar-refractivity contribution in [3.05, 3.63) is 29.3 Å². The minimum Gasteiger partial charge on any atom is -0.340 e. The minimum absolute atomic E-state index is 0.165. The van der Waals surface area contributed by atoms with Crippen LogP contribution in [0.4, 0.5) is 0 Å². The number of hydrogen-bond donors (Lipinski definition) is 0. The molecule has 1 aromatic carbocycles. The molecule has 1 amide bonds. The summed E-state index contributed by atoms with van der Waals surface area (Å²) in [6.45, 7) is 7.71. The molecule has 5 nitrogen and oxygen atoms in total. The normalized spacial score (nSPS) is 25.4. The number of carbonyl (C=O) groups is 1. The number of sulfonamides is 1.